The summed E-state index contributed by atoms with van der Waals surface area (Å²) in [5.41, 5.74) is 1.54. The van der Waals surface area contributed by atoms with Gasteiger partial charge in [0.25, 0.3) is 11.8 Å². The fourth-order valence-corrected chi connectivity index (χ4v) is 5.68. The van der Waals surface area contributed by atoms with Crippen molar-refractivity contribution >= 4 is 46.4 Å². The molecule has 1 aliphatic heterocycles. The molecule has 1 aromatic carbocycles. The zero-order valence-corrected chi connectivity index (χ0v) is 23.2. The van der Waals surface area contributed by atoms with Crippen LogP contribution in [0.4, 0.5) is 5.95 Å². The number of nitriles is 1. The van der Waals surface area contributed by atoms with Crippen molar-refractivity contribution in [2.24, 2.45) is 5.41 Å². The Balaban J connectivity index is 1.45. The smallest absolute Gasteiger partial charge is 0.268 e. The molecule has 1 fully saturated rings. The lowest BCUT2D eigenvalue weighted by Crippen LogP contribution is -2.39. The summed E-state index contributed by atoms with van der Waals surface area (Å²) in [5, 5.41) is 12.6. The van der Waals surface area contributed by atoms with Crippen molar-refractivity contribution in [1.82, 2.24) is 19.4 Å². The number of carbonyl (C=O) groups is 3. The van der Waals surface area contributed by atoms with Crippen LogP contribution in [0, 0.1) is 16.7 Å². The quantitative estimate of drug-likeness (QED) is 0.185. The summed E-state index contributed by atoms with van der Waals surface area (Å²) >= 11 is 1.27. The van der Waals surface area contributed by atoms with E-state index in [1.807, 2.05) is 25.3 Å². The number of hydrogen-bond donors (Lipinski definition) is 1. The Bertz CT molecular complexity index is 1650. The number of amides is 2. The molecule has 1 unspecified atom stereocenters. The first-order chi connectivity index (χ1) is 19.2. The number of nitrogens with zero attached hydrogens (tertiary/aromatic N) is 5. The number of imidazole rings is 1. The highest BCUT2D eigenvalue weighted by Gasteiger charge is 2.32. The number of nitrogens with one attached hydrogen (secondary N) is 1. The summed E-state index contributed by atoms with van der Waals surface area (Å²) in [6, 6.07) is 10.5. The van der Waals surface area contributed by atoms with Crippen LogP contribution in [0.2, 0.25) is 0 Å². The summed E-state index contributed by atoms with van der Waals surface area (Å²) in [4.78, 5) is 49.6. The molecule has 204 valence electrons. The second kappa shape index (κ2) is 10.9. The zero-order valence-electron chi connectivity index (χ0n) is 22.4. The monoisotopic (exact) mass is 556 g/mol. The Morgan fingerprint density at radius 3 is 2.80 bits per heavy atom. The molecule has 10 nitrogen and oxygen atoms in total. The summed E-state index contributed by atoms with van der Waals surface area (Å²) in [7, 11) is 0. The van der Waals surface area contributed by atoms with Gasteiger partial charge in [-0.05, 0) is 48.6 Å². The Labute approximate surface area is 234 Å². The van der Waals surface area contributed by atoms with Gasteiger partial charge in [-0.3, -0.25) is 19.7 Å². The molecule has 4 heterocycles. The molecule has 0 saturated carbocycles. The van der Waals surface area contributed by atoms with Gasteiger partial charge in [0, 0.05) is 18.7 Å². The van der Waals surface area contributed by atoms with Crippen LogP contribution >= 0.6 is 11.3 Å². The van der Waals surface area contributed by atoms with Crippen molar-refractivity contribution in [3.63, 3.8) is 0 Å². The normalized spacial score (nSPS) is 15.8. The van der Waals surface area contributed by atoms with Crippen LogP contribution in [-0.4, -0.2) is 50.1 Å². The fraction of sp³-hybridized carbons (Fsp3) is 0.310. The minimum absolute atomic E-state index is 0.124. The number of allylic oxidation sites excluding steroid dienone is 1. The second-order valence-electron chi connectivity index (χ2n) is 10.7. The maximum atomic E-state index is 13.4. The molecule has 5 rings (SSSR count). The summed E-state index contributed by atoms with van der Waals surface area (Å²) < 4.78 is 7.20. The number of hydrogen-bond acceptors (Lipinski definition) is 8. The number of aromatic nitrogens is 3. The maximum Gasteiger partial charge on any atom is 0.268 e. The van der Waals surface area contributed by atoms with Gasteiger partial charge < -0.3 is 13.9 Å². The third-order valence-electron chi connectivity index (χ3n) is 6.60. The molecule has 1 N–H and O–H groups in total. The van der Waals surface area contributed by atoms with E-state index < -0.39 is 0 Å². The Morgan fingerprint density at radius 1 is 1.27 bits per heavy atom. The lowest BCUT2D eigenvalue weighted by Gasteiger charge is -2.26. The summed E-state index contributed by atoms with van der Waals surface area (Å²) in [6.45, 7) is 6.74. The number of rotatable bonds is 7. The van der Waals surface area contributed by atoms with E-state index in [-0.39, 0.29) is 28.8 Å². The highest BCUT2D eigenvalue weighted by Crippen LogP contribution is 2.30. The Morgan fingerprint density at radius 2 is 2.10 bits per heavy atom. The van der Waals surface area contributed by atoms with Gasteiger partial charge in [-0.2, -0.15) is 5.26 Å². The van der Waals surface area contributed by atoms with Crippen molar-refractivity contribution in [2.45, 2.75) is 46.2 Å². The highest BCUT2D eigenvalue weighted by molar-refractivity contribution is 7.17. The van der Waals surface area contributed by atoms with E-state index in [0.717, 1.165) is 29.5 Å². The molecule has 11 heteroatoms. The third-order valence-corrected chi connectivity index (χ3v) is 7.70. The van der Waals surface area contributed by atoms with Crippen LogP contribution in [0.5, 0.6) is 0 Å². The van der Waals surface area contributed by atoms with E-state index in [9.17, 15) is 19.6 Å². The minimum atomic E-state index is -0.345. The largest absolute Gasteiger partial charge is 0.443 e. The number of benzene rings is 1. The molecular formula is C29H28N6O4S. The molecular weight excluding hydrogens is 528 g/mol. The number of thiophene rings is 1. The van der Waals surface area contributed by atoms with E-state index in [0.29, 0.717) is 40.8 Å². The lowest BCUT2D eigenvalue weighted by atomic mass is 9.93. The molecule has 40 heavy (non-hydrogen) atoms. The molecule has 2 amide bonds. The van der Waals surface area contributed by atoms with Crippen LogP contribution in [0.25, 0.3) is 21.7 Å². The standard InChI is InChI=1S/C29H28N6O4S/c1-29(2,3)12-19(13-30)27(38)34-10-4-5-20(34)15-35-22-7-6-18(16-36)11-21(22)32-28(35)33-26(37)25-9-8-24(40-25)23-14-31-17-39-23/h6-9,11-12,14,16-17,20H,4-5,10,15H2,1-3H3,(H,32,33,37). The molecule has 4 aromatic rings. The predicted octanol–water partition coefficient (Wildman–Crippen LogP) is 5.30. The van der Waals surface area contributed by atoms with Crippen molar-refractivity contribution in [1.29, 1.82) is 5.26 Å². The molecule has 1 atom stereocenters. The van der Waals surface area contributed by atoms with E-state index in [2.05, 4.69) is 21.4 Å². The van der Waals surface area contributed by atoms with Crippen LogP contribution in [0.3, 0.4) is 0 Å². The van der Waals surface area contributed by atoms with Crippen molar-refractivity contribution in [3.8, 4) is 16.7 Å². The third kappa shape index (κ3) is 5.58. The number of anilines is 1. The van der Waals surface area contributed by atoms with Crippen molar-refractivity contribution in [3.05, 3.63) is 65.0 Å². The Hall–Kier alpha value is -4.56. The van der Waals surface area contributed by atoms with Gasteiger partial charge in [0.1, 0.15) is 17.9 Å². The van der Waals surface area contributed by atoms with Crippen molar-refractivity contribution in [2.75, 3.05) is 11.9 Å². The topological polar surface area (TPSA) is 134 Å². The number of likely N-dealkylation sites (tertiary alicyclic amines) is 1. The summed E-state index contributed by atoms with van der Waals surface area (Å²) in [5.74, 6) is 0.238. The molecule has 0 bridgehead atoms. The van der Waals surface area contributed by atoms with Crippen LogP contribution in [-0.2, 0) is 11.3 Å². The average Bonchev–Trinajstić information content (AvgIpc) is 3.73. The van der Waals surface area contributed by atoms with E-state index in [1.54, 1.807) is 47.5 Å². The van der Waals surface area contributed by atoms with Gasteiger partial charge in [0.2, 0.25) is 5.95 Å². The van der Waals surface area contributed by atoms with Gasteiger partial charge in [-0.25, -0.2) is 9.97 Å². The first-order valence-electron chi connectivity index (χ1n) is 12.9. The first-order valence-corrected chi connectivity index (χ1v) is 13.7. The van der Waals surface area contributed by atoms with Gasteiger partial charge in [-0.1, -0.05) is 26.8 Å². The van der Waals surface area contributed by atoms with E-state index in [4.69, 9.17) is 4.42 Å². The molecule has 0 spiro atoms. The fourth-order valence-electron chi connectivity index (χ4n) is 4.83. The van der Waals surface area contributed by atoms with Gasteiger partial charge in [-0.15, -0.1) is 11.3 Å². The van der Waals surface area contributed by atoms with E-state index in [1.165, 1.54) is 17.7 Å². The number of carbonyl (C=O) groups excluding carboxylic acids is 3. The lowest BCUT2D eigenvalue weighted by molar-refractivity contribution is -0.127. The van der Waals surface area contributed by atoms with Crippen LogP contribution in [0.15, 0.2) is 59.0 Å². The SMILES string of the molecule is CC(C)(C)C=C(C#N)C(=O)N1CCCC1Cn1c(NC(=O)c2ccc(-c3cnco3)s2)nc2cc(C=O)ccc21. The Kier molecular flexibility index (Phi) is 7.36. The zero-order chi connectivity index (χ0) is 28.4. The minimum Gasteiger partial charge on any atom is -0.443 e. The number of oxazole rings is 1. The number of aldehydes is 1. The maximum absolute atomic E-state index is 13.4. The van der Waals surface area contributed by atoms with Crippen molar-refractivity contribution < 1.29 is 18.8 Å². The van der Waals surface area contributed by atoms with Gasteiger partial charge in [0.05, 0.1) is 33.0 Å². The van der Waals surface area contributed by atoms with Crippen LogP contribution < -0.4 is 5.32 Å². The van der Waals surface area contributed by atoms with Crippen LogP contribution in [0.1, 0.15) is 53.6 Å². The highest BCUT2D eigenvalue weighted by atomic mass is 32.1. The molecule has 3 aromatic heterocycles. The predicted molar refractivity (Wildman–Crippen MR) is 151 cm³/mol. The molecule has 0 aliphatic carbocycles. The second-order valence-corrected chi connectivity index (χ2v) is 11.8. The molecule has 1 saturated heterocycles. The van der Waals surface area contributed by atoms with E-state index >= 15 is 0 Å². The average molecular weight is 557 g/mol. The molecule has 1 aliphatic rings. The first kappa shape index (κ1) is 27.0. The summed E-state index contributed by atoms with van der Waals surface area (Å²) in [6.07, 6.45) is 6.91. The van der Waals surface area contributed by atoms with Gasteiger partial charge >= 0.3 is 0 Å². The molecule has 0 radical (unpaired) electrons. The number of fused-ring (bicyclic) bond motifs is 1. The van der Waals surface area contributed by atoms with Gasteiger partial charge in [0.15, 0.2) is 12.2 Å².